The monoisotopic (exact) mass is 276 g/mol. The van der Waals surface area contributed by atoms with E-state index in [-0.39, 0.29) is 5.92 Å². The molecule has 2 aliphatic rings. The highest BCUT2D eigenvalue weighted by Crippen LogP contribution is 2.48. The van der Waals surface area contributed by atoms with Crippen molar-refractivity contribution in [3.8, 4) is 0 Å². The Labute approximate surface area is 115 Å². The van der Waals surface area contributed by atoms with Gasteiger partial charge in [0, 0.05) is 0 Å². The molecule has 0 spiro atoms. The first-order valence-electron chi connectivity index (χ1n) is 7.98. The van der Waals surface area contributed by atoms with Gasteiger partial charge in [0.1, 0.15) is 0 Å². The van der Waals surface area contributed by atoms with Crippen molar-refractivity contribution in [3.05, 3.63) is 0 Å². The molecule has 0 bridgehead atoms. The van der Waals surface area contributed by atoms with Gasteiger partial charge in [0.15, 0.2) is 0 Å². The minimum absolute atomic E-state index is 0.178. The Bertz CT molecular complexity index is 276. The van der Waals surface area contributed by atoms with Crippen molar-refractivity contribution in [3.63, 3.8) is 0 Å². The number of alkyl halides is 3. The maximum atomic E-state index is 13.0. The van der Waals surface area contributed by atoms with Crippen molar-refractivity contribution in [2.75, 3.05) is 0 Å². The summed E-state index contributed by atoms with van der Waals surface area (Å²) in [4.78, 5) is 0. The van der Waals surface area contributed by atoms with Gasteiger partial charge in [-0.15, -0.1) is 0 Å². The van der Waals surface area contributed by atoms with Crippen molar-refractivity contribution in [1.29, 1.82) is 0 Å². The van der Waals surface area contributed by atoms with Crippen LogP contribution in [0, 0.1) is 29.6 Å². The molecule has 0 heterocycles. The third kappa shape index (κ3) is 3.66. The number of hydrogen-bond donors (Lipinski definition) is 0. The Kier molecular flexibility index (Phi) is 4.84. The molecule has 0 aliphatic heterocycles. The number of halogens is 3. The van der Waals surface area contributed by atoms with E-state index >= 15 is 0 Å². The summed E-state index contributed by atoms with van der Waals surface area (Å²) >= 11 is 0. The van der Waals surface area contributed by atoms with Gasteiger partial charge in [0.25, 0.3) is 0 Å². The largest absolute Gasteiger partial charge is 0.392 e. The van der Waals surface area contributed by atoms with Crippen LogP contribution in [0.15, 0.2) is 0 Å². The van der Waals surface area contributed by atoms with Crippen LogP contribution in [0.4, 0.5) is 13.2 Å². The molecule has 0 aromatic heterocycles. The van der Waals surface area contributed by atoms with Crippen LogP contribution in [-0.4, -0.2) is 6.18 Å². The number of rotatable bonds is 2. The van der Waals surface area contributed by atoms with E-state index in [0.29, 0.717) is 18.3 Å². The van der Waals surface area contributed by atoms with Crippen LogP contribution in [0.3, 0.4) is 0 Å². The molecular weight excluding hydrogens is 249 g/mol. The van der Waals surface area contributed by atoms with Crippen LogP contribution in [0.25, 0.3) is 0 Å². The second kappa shape index (κ2) is 6.05. The summed E-state index contributed by atoms with van der Waals surface area (Å²) in [6, 6.07) is 0. The lowest BCUT2D eigenvalue weighted by atomic mass is 9.66. The molecule has 0 aromatic carbocycles. The Morgan fingerprint density at radius 3 is 2.00 bits per heavy atom. The minimum Gasteiger partial charge on any atom is -0.171 e. The Morgan fingerprint density at radius 1 is 0.895 bits per heavy atom. The number of hydrogen-bond acceptors (Lipinski definition) is 0. The van der Waals surface area contributed by atoms with Gasteiger partial charge in [0.2, 0.25) is 0 Å². The zero-order chi connectivity index (χ0) is 14.0. The molecule has 0 saturated heterocycles. The highest BCUT2D eigenvalue weighted by atomic mass is 19.4. The van der Waals surface area contributed by atoms with Crippen LogP contribution >= 0.6 is 0 Å². The van der Waals surface area contributed by atoms with Gasteiger partial charge in [-0.3, -0.25) is 0 Å². The summed E-state index contributed by atoms with van der Waals surface area (Å²) < 4.78 is 39.1. The molecule has 0 N–H and O–H groups in total. The molecule has 2 saturated carbocycles. The van der Waals surface area contributed by atoms with E-state index in [1.54, 1.807) is 6.92 Å². The van der Waals surface area contributed by atoms with Crippen LogP contribution in [0.1, 0.15) is 65.2 Å². The van der Waals surface area contributed by atoms with E-state index in [9.17, 15) is 13.2 Å². The summed E-state index contributed by atoms with van der Waals surface area (Å²) in [7, 11) is 0. The molecule has 0 aromatic rings. The second-order valence-corrected chi connectivity index (χ2v) is 6.89. The first kappa shape index (κ1) is 15.2. The summed E-state index contributed by atoms with van der Waals surface area (Å²) in [5.41, 5.74) is 0. The van der Waals surface area contributed by atoms with E-state index in [2.05, 4.69) is 6.92 Å². The molecule has 3 atom stereocenters. The average molecular weight is 276 g/mol. The topological polar surface area (TPSA) is 0 Å². The van der Waals surface area contributed by atoms with Gasteiger partial charge in [-0.05, 0) is 55.8 Å². The highest BCUT2D eigenvalue weighted by molar-refractivity contribution is 4.87. The SMILES string of the molecule is CCC1CCC(C2CCC(C)C(C(F)(F)F)C2)CC1. The first-order chi connectivity index (χ1) is 8.91. The summed E-state index contributed by atoms with van der Waals surface area (Å²) in [5.74, 6) is 0.510. The smallest absolute Gasteiger partial charge is 0.171 e. The van der Waals surface area contributed by atoms with Gasteiger partial charge in [-0.1, -0.05) is 33.1 Å². The zero-order valence-corrected chi connectivity index (χ0v) is 12.2. The average Bonchev–Trinajstić information content (AvgIpc) is 2.38. The maximum Gasteiger partial charge on any atom is 0.392 e. The Balaban J connectivity index is 1.91. The Hall–Kier alpha value is -0.210. The van der Waals surface area contributed by atoms with Crippen LogP contribution < -0.4 is 0 Å². The van der Waals surface area contributed by atoms with E-state index < -0.39 is 12.1 Å². The molecule has 0 amide bonds. The fourth-order valence-corrected chi connectivity index (χ4v) is 4.31. The van der Waals surface area contributed by atoms with Crippen molar-refractivity contribution < 1.29 is 13.2 Å². The lowest BCUT2D eigenvalue weighted by Gasteiger charge is -2.41. The van der Waals surface area contributed by atoms with Gasteiger partial charge in [0.05, 0.1) is 5.92 Å². The molecular formula is C16H27F3. The third-order valence-electron chi connectivity index (χ3n) is 5.79. The molecule has 2 aliphatic carbocycles. The quantitative estimate of drug-likeness (QED) is 0.596. The summed E-state index contributed by atoms with van der Waals surface area (Å²) in [6.07, 6.45) is 4.25. The van der Waals surface area contributed by atoms with Crippen molar-refractivity contribution in [2.24, 2.45) is 29.6 Å². The third-order valence-corrected chi connectivity index (χ3v) is 5.79. The summed E-state index contributed by atoms with van der Waals surface area (Å²) in [6.45, 7) is 4.01. The highest BCUT2D eigenvalue weighted by Gasteiger charge is 2.47. The molecule has 19 heavy (non-hydrogen) atoms. The lowest BCUT2D eigenvalue weighted by molar-refractivity contribution is -0.201. The van der Waals surface area contributed by atoms with Crippen molar-refractivity contribution in [1.82, 2.24) is 0 Å². The fourth-order valence-electron chi connectivity index (χ4n) is 4.31. The Morgan fingerprint density at radius 2 is 1.47 bits per heavy atom. The molecule has 3 heteroatoms. The van der Waals surface area contributed by atoms with Gasteiger partial charge in [-0.2, -0.15) is 13.2 Å². The van der Waals surface area contributed by atoms with E-state index in [1.165, 1.54) is 32.1 Å². The zero-order valence-electron chi connectivity index (χ0n) is 12.2. The van der Waals surface area contributed by atoms with Crippen molar-refractivity contribution >= 4 is 0 Å². The van der Waals surface area contributed by atoms with Crippen LogP contribution in [0.5, 0.6) is 0 Å². The van der Waals surface area contributed by atoms with Crippen LogP contribution in [0.2, 0.25) is 0 Å². The standard InChI is InChI=1S/C16H27F3/c1-3-12-5-8-13(9-6-12)14-7-4-11(2)15(10-14)16(17,18)19/h11-15H,3-10H2,1-2H3. The summed E-state index contributed by atoms with van der Waals surface area (Å²) in [5, 5.41) is 0. The van der Waals surface area contributed by atoms with E-state index in [0.717, 1.165) is 18.8 Å². The molecule has 112 valence electrons. The van der Waals surface area contributed by atoms with Gasteiger partial charge >= 0.3 is 6.18 Å². The molecule has 0 nitrogen and oxygen atoms in total. The van der Waals surface area contributed by atoms with Gasteiger partial charge < -0.3 is 0 Å². The maximum absolute atomic E-state index is 13.0. The molecule has 0 radical (unpaired) electrons. The molecule has 3 unspecified atom stereocenters. The first-order valence-corrected chi connectivity index (χ1v) is 7.98. The predicted octanol–water partition coefficient (Wildman–Crippen LogP) is 5.82. The van der Waals surface area contributed by atoms with Crippen molar-refractivity contribution in [2.45, 2.75) is 71.4 Å². The normalized spacial score (nSPS) is 41.2. The van der Waals surface area contributed by atoms with E-state index in [1.807, 2.05) is 0 Å². The molecule has 2 rings (SSSR count). The second-order valence-electron chi connectivity index (χ2n) is 6.89. The van der Waals surface area contributed by atoms with Gasteiger partial charge in [-0.25, -0.2) is 0 Å². The minimum atomic E-state index is -3.99. The predicted molar refractivity (Wildman–Crippen MR) is 71.8 cm³/mol. The van der Waals surface area contributed by atoms with Crippen LogP contribution in [-0.2, 0) is 0 Å². The fraction of sp³-hybridized carbons (Fsp3) is 1.00. The van der Waals surface area contributed by atoms with E-state index in [4.69, 9.17) is 0 Å². The lowest BCUT2D eigenvalue weighted by Crippen LogP contribution is -2.37. The molecule has 2 fully saturated rings.